The van der Waals surface area contributed by atoms with E-state index in [1.165, 1.54) is 12.1 Å². The molecule has 18 heavy (non-hydrogen) atoms. The Labute approximate surface area is 110 Å². The van der Waals surface area contributed by atoms with Crippen molar-refractivity contribution in [2.24, 2.45) is 0 Å². The van der Waals surface area contributed by atoms with Crippen molar-refractivity contribution < 1.29 is 8.42 Å². The quantitative estimate of drug-likeness (QED) is 0.866. The van der Waals surface area contributed by atoms with Crippen LogP contribution in [0.15, 0.2) is 41.6 Å². The number of sulfone groups is 1. The SMILES string of the molecule is Nc1ccc(Cl)cc1S(=O)(=O)CCn1cccn1. The molecule has 0 aliphatic heterocycles. The lowest BCUT2D eigenvalue weighted by atomic mass is 10.3. The summed E-state index contributed by atoms with van der Waals surface area (Å²) in [5, 5.41) is 4.30. The summed E-state index contributed by atoms with van der Waals surface area (Å²) in [7, 11) is -3.46. The van der Waals surface area contributed by atoms with Crippen LogP contribution >= 0.6 is 11.6 Å². The number of aromatic nitrogens is 2. The van der Waals surface area contributed by atoms with E-state index in [1.807, 2.05) is 0 Å². The van der Waals surface area contributed by atoms with E-state index < -0.39 is 9.84 Å². The van der Waals surface area contributed by atoms with Crippen molar-refractivity contribution in [3.63, 3.8) is 0 Å². The lowest BCUT2D eigenvalue weighted by Gasteiger charge is -2.08. The van der Waals surface area contributed by atoms with Gasteiger partial charge in [-0.2, -0.15) is 5.10 Å². The van der Waals surface area contributed by atoms with E-state index >= 15 is 0 Å². The van der Waals surface area contributed by atoms with Crippen molar-refractivity contribution in [2.45, 2.75) is 11.4 Å². The van der Waals surface area contributed by atoms with Crippen LogP contribution in [0.1, 0.15) is 0 Å². The van der Waals surface area contributed by atoms with Gasteiger partial charge in [0.1, 0.15) is 0 Å². The number of hydrogen-bond acceptors (Lipinski definition) is 4. The Morgan fingerprint density at radius 3 is 2.83 bits per heavy atom. The molecule has 2 N–H and O–H groups in total. The van der Waals surface area contributed by atoms with Gasteiger partial charge in [0.2, 0.25) is 0 Å². The van der Waals surface area contributed by atoms with Crippen LogP contribution in [0.3, 0.4) is 0 Å². The van der Waals surface area contributed by atoms with Crippen molar-refractivity contribution >= 4 is 27.1 Å². The minimum absolute atomic E-state index is 0.0702. The van der Waals surface area contributed by atoms with Gasteiger partial charge in [-0.1, -0.05) is 11.6 Å². The van der Waals surface area contributed by atoms with E-state index in [4.69, 9.17) is 17.3 Å². The second-order valence-electron chi connectivity index (χ2n) is 3.77. The molecular formula is C11H12ClN3O2S. The second-order valence-corrected chi connectivity index (χ2v) is 6.28. The Kier molecular flexibility index (Phi) is 3.58. The molecule has 0 aliphatic carbocycles. The van der Waals surface area contributed by atoms with Crippen molar-refractivity contribution in [3.05, 3.63) is 41.7 Å². The summed E-state index contributed by atoms with van der Waals surface area (Å²) in [6, 6.07) is 6.15. The van der Waals surface area contributed by atoms with Crippen LogP contribution in [-0.4, -0.2) is 24.0 Å². The molecule has 1 heterocycles. The molecule has 1 aromatic carbocycles. The molecule has 0 radical (unpaired) electrons. The summed E-state index contributed by atoms with van der Waals surface area (Å²) >= 11 is 5.79. The molecule has 96 valence electrons. The third kappa shape index (κ3) is 2.83. The summed E-state index contributed by atoms with van der Waals surface area (Å²) in [5.74, 6) is -0.0702. The first-order valence-electron chi connectivity index (χ1n) is 5.24. The number of anilines is 1. The van der Waals surface area contributed by atoms with Gasteiger partial charge in [0.05, 0.1) is 22.9 Å². The molecular weight excluding hydrogens is 274 g/mol. The van der Waals surface area contributed by atoms with Crippen LogP contribution in [-0.2, 0) is 16.4 Å². The molecule has 5 nitrogen and oxygen atoms in total. The van der Waals surface area contributed by atoms with Gasteiger partial charge in [0, 0.05) is 17.4 Å². The monoisotopic (exact) mass is 285 g/mol. The highest BCUT2D eigenvalue weighted by Crippen LogP contribution is 2.23. The average Bonchev–Trinajstić information content (AvgIpc) is 2.83. The Morgan fingerprint density at radius 2 is 2.17 bits per heavy atom. The van der Waals surface area contributed by atoms with Gasteiger partial charge in [-0.25, -0.2) is 8.42 Å². The zero-order valence-electron chi connectivity index (χ0n) is 9.45. The summed E-state index contributed by atoms with van der Waals surface area (Å²) in [6.07, 6.45) is 3.30. The highest BCUT2D eigenvalue weighted by atomic mass is 35.5. The number of hydrogen-bond donors (Lipinski definition) is 1. The number of nitrogen functional groups attached to an aromatic ring is 1. The number of aryl methyl sites for hydroxylation is 1. The molecule has 0 atom stereocenters. The van der Waals surface area contributed by atoms with E-state index in [0.29, 0.717) is 5.02 Å². The maximum absolute atomic E-state index is 12.1. The summed E-state index contributed by atoms with van der Waals surface area (Å²) in [5.41, 5.74) is 5.87. The molecule has 0 saturated carbocycles. The van der Waals surface area contributed by atoms with Crippen LogP contribution in [0.5, 0.6) is 0 Å². The smallest absolute Gasteiger partial charge is 0.182 e. The number of nitrogens with two attached hydrogens (primary N) is 1. The third-order valence-electron chi connectivity index (χ3n) is 2.46. The van der Waals surface area contributed by atoms with Gasteiger partial charge in [-0.05, 0) is 24.3 Å². The van der Waals surface area contributed by atoms with Gasteiger partial charge >= 0.3 is 0 Å². The zero-order valence-corrected chi connectivity index (χ0v) is 11.0. The van der Waals surface area contributed by atoms with Crippen molar-refractivity contribution in [2.75, 3.05) is 11.5 Å². The molecule has 2 rings (SSSR count). The second kappa shape index (κ2) is 4.99. The Balaban J connectivity index is 2.22. The van der Waals surface area contributed by atoms with E-state index in [9.17, 15) is 8.42 Å². The van der Waals surface area contributed by atoms with Crippen LogP contribution in [0.4, 0.5) is 5.69 Å². The van der Waals surface area contributed by atoms with Crippen LogP contribution in [0, 0.1) is 0 Å². The lowest BCUT2D eigenvalue weighted by molar-refractivity contribution is 0.581. The fourth-order valence-electron chi connectivity index (χ4n) is 1.53. The van der Waals surface area contributed by atoms with E-state index in [0.717, 1.165) is 0 Å². The van der Waals surface area contributed by atoms with Crippen LogP contribution < -0.4 is 5.73 Å². The molecule has 0 fully saturated rings. The maximum Gasteiger partial charge on any atom is 0.182 e. The predicted octanol–water partition coefficient (Wildman–Crippen LogP) is 1.59. The van der Waals surface area contributed by atoms with Gasteiger partial charge in [-0.3, -0.25) is 4.68 Å². The fourth-order valence-corrected chi connectivity index (χ4v) is 3.15. The largest absolute Gasteiger partial charge is 0.398 e. The minimum atomic E-state index is -3.46. The topological polar surface area (TPSA) is 78.0 Å². The van der Waals surface area contributed by atoms with Crippen molar-refractivity contribution in [1.29, 1.82) is 0 Å². The summed E-state index contributed by atoms with van der Waals surface area (Å²) in [4.78, 5) is 0.0714. The van der Waals surface area contributed by atoms with Crippen LogP contribution in [0.2, 0.25) is 5.02 Å². The van der Waals surface area contributed by atoms with Gasteiger partial charge in [0.15, 0.2) is 9.84 Å². The number of halogens is 1. The maximum atomic E-state index is 12.1. The molecule has 7 heteroatoms. The standard InChI is InChI=1S/C11H12ClN3O2S/c12-9-2-3-10(13)11(8-9)18(16,17)7-6-15-5-1-4-14-15/h1-5,8H,6-7,13H2. The van der Waals surface area contributed by atoms with Crippen molar-refractivity contribution in [1.82, 2.24) is 9.78 Å². The molecule has 2 aromatic rings. The molecule has 1 aromatic heterocycles. The fraction of sp³-hybridized carbons (Fsp3) is 0.182. The molecule has 0 amide bonds. The Bertz CT molecular complexity index is 638. The zero-order chi connectivity index (χ0) is 13.2. The highest BCUT2D eigenvalue weighted by molar-refractivity contribution is 7.91. The van der Waals surface area contributed by atoms with E-state index in [-0.39, 0.29) is 22.9 Å². The minimum Gasteiger partial charge on any atom is -0.398 e. The average molecular weight is 286 g/mol. The van der Waals surface area contributed by atoms with E-state index in [1.54, 1.807) is 29.2 Å². The summed E-state index contributed by atoms with van der Waals surface area (Å²) in [6.45, 7) is 0.279. The first-order valence-corrected chi connectivity index (χ1v) is 7.27. The molecule has 0 bridgehead atoms. The molecule has 0 saturated heterocycles. The van der Waals surface area contributed by atoms with Crippen molar-refractivity contribution in [3.8, 4) is 0 Å². The first-order chi connectivity index (χ1) is 8.49. The molecule has 0 spiro atoms. The van der Waals surface area contributed by atoms with Gasteiger partial charge < -0.3 is 5.73 Å². The summed E-state index contributed by atoms with van der Waals surface area (Å²) < 4.78 is 25.8. The van der Waals surface area contributed by atoms with Crippen LogP contribution in [0.25, 0.3) is 0 Å². The number of rotatable bonds is 4. The molecule has 0 unspecified atom stereocenters. The van der Waals surface area contributed by atoms with Gasteiger partial charge in [0.25, 0.3) is 0 Å². The highest BCUT2D eigenvalue weighted by Gasteiger charge is 2.18. The molecule has 0 aliphatic rings. The third-order valence-corrected chi connectivity index (χ3v) is 4.44. The Hall–Kier alpha value is -1.53. The van der Waals surface area contributed by atoms with E-state index in [2.05, 4.69) is 5.10 Å². The first kappa shape index (κ1) is 12.9. The van der Waals surface area contributed by atoms with Gasteiger partial charge in [-0.15, -0.1) is 0 Å². The predicted molar refractivity (Wildman–Crippen MR) is 70.1 cm³/mol. The number of benzene rings is 1. The normalized spacial score (nSPS) is 11.6. The Morgan fingerprint density at radius 1 is 1.39 bits per heavy atom. The lowest BCUT2D eigenvalue weighted by Crippen LogP contribution is -2.15. The number of nitrogens with zero attached hydrogens (tertiary/aromatic N) is 2.